The average Bonchev–Trinajstić information content (AvgIpc) is 2.76. The lowest BCUT2D eigenvalue weighted by molar-refractivity contribution is 0.0985. The van der Waals surface area contributed by atoms with Crippen molar-refractivity contribution in [2.45, 2.75) is 0 Å². The van der Waals surface area contributed by atoms with Crippen LogP contribution in [0.1, 0.15) is 10.5 Å². The summed E-state index contributed by atoms with van der Waals surface area (Å²) in [7, 11) is 5.13. The summed E-state index contributed by atoms with van der Waals surface area (Å²) in [5.41, 5.74) is 7.61. The Bertz CT molecular complexity index is 587. The number of aromatic nitrogens is 1. The van der Waals surface area contributed by atoms with E-state index in [2.05, 4.69) is 0 Å². The standard InChI is InChI=1S/C14H17N3O2/c1-16-9-10(15)8-13(16)14(18)17(2)11-4-6-12(19-3)7-5-11/h4-9H,15H2,1-3H3. The Morgan fingerprint density at radius 2 is 1.95 bits per heavy atom. The van der Waals surface area contributed by atoms with Crippen LogP contribution >= 0.6 is 0 Å². The van der Waals surface area contributed by atoms with E-state index in [0.717, 1.165) is 11.4 Å². The van der Waals surface area contributed by atoms with Gasteiger partial charge in [0.15, 0.2) is 0 Å². The number of hydrogen-bond donors (Lipinski definition) is 1. The molecule has 0 saturated carbocycles. The van der Waals surface area contributed by atoms with Gasteiger partial charge >= 0.3 is 0 Å². The minimum absolute atomic E-state index is 0.107. The first-order valence-corrected chi connectivity index (χ1v) is 5.87. The molecule has 1 aromatic heterocycles. The fraction of sp³-hybridized carbons (Fsp3) is 0.214. The number of nitrogen functional groups attached to an aromatic ring is 1. The predicted octanol–water partition coefficient (Wildman–Crippen LogP) is 1.89. The number of carbonyl (C=O) groups excluding carboxylic acids is 1. The summed E-state index contributed by atoms with van der Waals surface area (Å²) in [6.45, 7) is 0. The normalized spacial score (nSPS) is 10.3. The monoisotopic (exact) mass is 259 g/mol. The zero-order valence-electron chi connectivity index (χ0n) is 11.3. The molecule has 2 N–H and O–H groups in total. The summed E-state index contributed by atoms with van der Waals surface area (Å²) in [5.74, 6) is 0.650. The minimum atomic E-state index is -0.107. The molecule has 5 heteroatoms. The Morgan fingerprint density at radius 3 is 2.42 bits per heavy atom. The highest BCUT2D eigenvalue weighted by molar-refractivity contribution is 6.05. The van der Waals surface area contributed by atoms with Crippen LogP contribution in [0.3, 0.4) is 0 Å². The summed E-state index contributed by atoms with van der Waals surface area (Å²) < 4.78 is 6.81. The van der Waals surface area contributed by atoms with Gasteiger partial charge in [-0.25, -0.2) is 0 Å². The molecule has 0 unspecified atom stereocenters. The number of hydrogen-bond acceptors (Lipinski definition) is 3. The highest BCUT2D eigenvalue weighted by Gasteiger charge is 2.17. The molecular weight excluding hydrogens is 242 g/mol. The lowest BCUT2D eigenvalue weighted by Crippen LogP contribution is -2.27. The van der Waals surface area contributed by atoms with Crippen molar-refractivity contribution in [3.8, 4) is 5.75 Å². The summed E-state index contributed by atoms with van der Waals surface area (Å²) in [6, 6.07) is 8.98. The molecule has 0 spiro atoms. The highest BCUT2D eigenvalue weighted by atomic mass is 16.5. The third-order valence-corrected chi connectivity index (χ3v) is 3.01. The molecule has 0 aliphatic carbocycles. The maximum atomic E-state index is 12.4. The van der Waals surface area contributed by atoms with E-state index in [9.17, 15) is 4.79 Å². The Morgan fingerprint density at radius 1 is 1.32 bits per heavy atom. The lowest BCUT2D eigenvalue weighted by Gasteiger charge is -2.17. The van der Waals surface area contributed by atoms with Gasteiger partial charge in [0.05, 0.1) is 12.8 Å². The van der Waals surface area contributed by atoms with E-state index in [0.29, 0.717) is 11.4 Å². The smallest absolute Gasteiger partial charge is 0.274 e. The number of methoxy groups -OCH3 is 1. The van der Waals surface area contributed by atoms with E-state index in [1.54, 1.807) is 42.9 Å². The Hall–Kier alpha value is -2.43. The van der Waals surface area contributed by atoms with Crippen LogP contribution in [-0.2, 0) is 7.05 Å². The third kappa shape index (κ3) is 2.54. The van der Waals surface area contributed by atoms with Crippen molar-refractivity contribution in [3.05, 3.63) is 42.2 Å². The summed E-state index contributed by atoms with van der Waals surface area (Å²) in [5, 5.41) is 0. The molecule has 19 heavy (non-hydrogen) atoms. The first-order chi connectivity index (χ1) is 9.02. The van der Waals surface area contributed by atoms with Gasteiger partial charge in [0.25, 0.3) is 5.91 Å². The van der Waals surface area contributed by atoms with Crippen molar-refractivity contribution < 1.29 is 9.53 Å². The van der Waals surface area contributed by atoms with E-state index in [4.69, 9.17) is 10.5 Å². The Balaban J connectivity index is 2.25. The number of carbonyl (C=O) groups is 1. The zero-order chi connectivity index (χ0) is 14.0. The zero-order valence-corrected chi connectivity index (χ0v) is 11.3. The van der Waals surface area contributed by atoms with Crippen molar-refractivity contribution in [2.24, 2.45) is 7.05 Å². The number of anilines is 2. The molecule has 0 atom stereocenters. The molecule has 2 rings (SSSR count). The van der Waals surface area contributed by atoms with Gasteiger partial charge in [-0.05, 0) is 30.3 Å². The van der Waals surface area contributed by atoms with Crippen LogP contribution in [0.4, 0.5) is 11.4 Å². The maximum Gasteiger partial charge on any atom is 0.274 e. The molecule has 0 saturated heterocycles. The Labute approximate surface area is 112 Å². The van der Waals surface area contributed by atoms with Crippen LogP contribution in [0.25, 0.3) is 0 Å². The minimum Gasteiger partial charge on any atom is -0.497 e. The molecule has 0 fully saturated rings. The second-order valence-electron chi connectivity index (χ2n) is 4.33. The lowest BCUT2D eigenvalue weighted by atomic mass is 10.2. The van der Waals surface area contributed by atoms with E-state index in [1.165, 1.54) is 0 Å². The number of rotatable bonds is 3. The van der Waals surface area contributed by atoms with E-state index >= 15 is 0 Å². The van der Waals surface area contributed by atoms with Gasteiger partial charge in [0.2, 0.25) is 0 Å². The SMILES string of the molecule is COc1ccc(N(C)C(=O)c2cc(N)cn2C)cc1. The largest absolute Gasteiger partial charge is 0.497 e. The molecule has 1 aromatic carbocycles. The summed E-state index contributed by atoms with van der Waals surface area (Å²) in [6.07, 6.45) is 1.72. The quantitative estimate of drug-likeness (QED) is 0.915. The van der Waals surface area contributed by atoms with Crippen LogP contribution in [0.15, 0.2) is 36.5 Å². The number of aryl methyl sites for hydroxylation is 1. The molecule has 5 nitrogen and oxygen atoms in total. The number of amides is 1. The van der Waals surface area contributed by atoms with Crippen LogP contribution in [0, 0.1) is 0 Å². The topological polar surface area (TPSA) is 60.5 Å². The molecule has 0 aliphatic heterocycles. The summed E-state index contributed by atoms with van der Waals surface area (Å²) >= 11 is 0. The molecule has 1 heterocycles. The van der Waals surface area contributed by atoms with Gasteiger partial charge in [0.1, 0.15) is 11.4 Å². The van der Waals surface area contributed by atoms with E-state index in [-0.39, 0.29) is 5.91 Å². The third-order valence-electron chi connectivity index (χ3n) is 3.01. The second kappa shape index (κ2) is 5.06. The second-order valence-corrected chi connectivity index (χ2v) is 4.33. The Kier molecular flexibility index (Phi) is 3.46. The van der Waals surface area contributed by atoms with E-state index < -0.39 is 0 Å². The molecule has 0 bridgehead atoms. The molecule has 2 aromatic rings. The number of benzene rings is 1. The average molecular weight is 259 g/mol. The first-order valence-electron chi connectivity index (χ1n) is 5.87. The van der Waals surface area contributed by atoms with Crippen molar-refractivity contribution >= 4 is 17.3 Å². The summed E-state index contributed by atoms with van der Waals surface area (Å²) in [4.78, 5) is 13.9. The molecule has 0 aliphatic rings. The van der Waals surface area contributed by atoms with Crippen LogP contribution in [-0.4, -0.2) is 24.6 Å². The van der Waals surface area contributed by atoms with Gasteiger partial charge in [0, 0.05) is 26.0 Å². The maximum absolute atomic E-state index is 12.4. The van der Waals surface area contributed by atoms with Crippen molar-refractivity contribution in [1.29, 1.82) is 0 Å². The van der Waals surface area contributed by atoms with Crippen LogP contribution < -0.4 is 15.4 Å². The van der Waals surface area contributed by atoms with Crippen molar-refractivity contribution in [2.75, 3.05) is 24.8 Å². The van der Waals surface area contributed by atoms with Gasteiger partial charge in [-0.2, -0.15) is 0 Å². The van der Waals surface area contributed by atoms with Gasteiger partial charge in [-0.1, -0.05) is 0 Å². The van der Waals surface area contributed by atoms with Crippen LogP contribution in [0.2, 0.25) is 0 Å². The van der Waals surface area contributed by atoms with Gasteiger partial charge in [-0.15, -0.1) is 0 Å². The molecular formula is C14H17N3O2. The van der Waals surface area contributed by atoms with Gasteiger partial charge < -0.3 is 19.9 Å². The number of nitrogens with zero attached hydrogens (tertiary/aromatic N) is 2. The highest BCUT2D eigenvalue weighted by Crippen LogP contribution is 2.20. The molecule has 100 valence electrons. The predicted molar refractivity (Wildman–Crippen MR) is 75.6 cm³/mol. The molecule has 1 amide bonds. The first kappa shape index (κ1) is 13.0. The fourth-order valence-corrected chi connectivity index (χ4v) is 1.90. The number of ether oxygens (including phenoxy) is 1. The fourth-order valence-electron chi connectivity index (χ4n) is 1.90. The number of nitrogens with two attached hydrogens (primary N) is 1. The molecule has 0 radical (unpaired) electrons. The van der Waals surface area contributed by atoms with Gasteiger partial charge in [-0.3, -0.25) is 4.79 Å². The van der Waals surface area contributed by atoms with E-state index in [1.807, 2.05) is 24.3 Å². The van der Waals surface area contributed by atoms with Crippen molar-refractivity contribution in [1.82, 2.24) is 4.57 Å². The van der Waals surface area contributed by atoms with Crippen molar-refractivity contribution in [3.63, 3.8) is 0 Å². The van der Waals surface area contributed by atoms with Crippen LogP contribution in [0.5, 0.6) is 5.75 Å².